The lowest BCUT2D eigenvalue weighted by atomic mass is 10.00. The molecule has 0 radical (unpaired) electrons. The Balaban J connectivity index is 1.66. The number of nitrogens with zero attached hydrogens (tertiary/aromatic N) is 2. The number of unbranched alkanes of at least 4 members (excludes halogenated alkanes) is 2. The van der Waals surface area contributed by atoms with Crippen LogP contribution in [0.5, 0.6) is 0 Å². The van der Waals surface area contributed by atoms with Crippen LogP contribution in [-0.4, -0.2) is 65.7 Å². The molecule has 1 N–H and O–H groups in total. The van der Waals surface area contributed by atoms with Crippen molar-refractivity contribution in [3.8, 4) is 0 Å². The predicted molar refractivity (Wildman–Crippen MR) is 148 cm³/mol. The normalized spacial score (nSPS) is 20.1. The zero-order valence-corrected chi connectivity index (χ0v) is 23.3. The van der Waals surface area contributed by atoms with Crippen molar-refractivity contribution in [2.24, 2.45) is 5.92 Å². The minimum Gasteiger partial charge on any atom is -0.467 e. The summed E-state index contributed by atoms with van der Waals surface area (Å²) in [5, 5.41) is 3.48. The number of esters is 1. The van der Waals surface area contributed by atoms with Crippen molar-refractivity contribution in [2.75, 3.05) is 13.7 Å². The fraction of sp³-hybridized carbons (Fsp3) is 0.567. The first-order valence-corrected chi connectivity index (χ1v) is 13.6. The van der Waals surface area contributed by atoms with E-state index in [1.807, 2.05) is 38.1 Å². The third-order valence-electron chi connectivity index (χ3n) is 7.48. The molecule has 8 heteroatoms. The van der Waals surface area contributed by atoms with E-state index in [4.69, 9.17) is 9.47 Å². The molecule has 8 nitrogen and oxygen atoms in total. The molecule has 4 atom stereocenters. The average molecular weight is 526 g/mol. The topological polar surface area (TPSA) is 88.2 Å². The van der Waals surface area contributed by atoms with Gasteiger partial charge in [-0.1, -0.05) is 57.2 Å². The Hall–Kier alpha value is -3.13. The van der Waals surface area contributed by atoms with Gasteiger partial charge in [0.05, 0.1) is 26.2 Å². The number of carbonyl (C=O) groups is 3. The lowest BCUT2D eigenvalue weighted by Crippen LogP contribution is -2.54. The first-order valence-electron chi connectivity index (χ1n) is 13.6. The summed E-state index contributed by atoms with van der Waals surface area (Å²) >= 11 is 0. The van der Waals surface area contributed by atoms with Gasteiger partial charge in [-0.15, -0.1) is 6.58 Å². The smallest absolute Gasteiger partial charge is 0.410 e. The second-order valence-electron chi connectivity index (χ2n) is 10.7. The summed E-state index contributed by atoms with van der Waals surface area (Å²) < 4.78 is 10.8. The van der Waals surface area contributed by atoms with E-state index in [0.717, 1.165) is 42.4 Å². The van der Waals surface area contributed by atoms with Gasteiger partial charge in [-0.3, -0.25) is 9.69 Å². The Labute approximate surface area is 227 Å². The number of fused-ring (bicyclic) bond motifs is 1. The number of carbonyl (C=O) groups excluding carboxylic acids is 3. The van der Waals surface area contributed by atoms with Crippen LogP contribution in [-0.2, 0) is 32.2 Å². The number of rotatable bonds is 12. The fourth-order valence-electron chi connectivity index (χ4n) is 5.33. The van der Waals surface area contributed by atoms with Crippen LogP contribution >= 0.6 is 0 Å². The summed E-state index contributed by atoms with van der Waals surface area (Å²) in [5.41, 5.74) is 3.14. The van der Waals surface area contributed by atoms with Gasteiger partial charge in [-0.05, 0) is 48.8 Å². The highest BCUT2D eigenvalue weighted by Gasteiger charge is 2.45. The molecule has 1 unspecified atom stereocenters. The van der Waals surface area contributed by atoms with Crippen LogP contribution in [0.4, 0.5) is 4.79 Å². The van der Waals surface area contributed by atoms with E-state index in [9.17, 15) is 14.4 Å². The minimum absolute atomic E-state index is 0.0141. The van der Waals surface area contributed by atoms with Crippen molar-refractivity contribution in [2.45, 2.75) is 90.2 Å². The molecule has 2 aliphatic rings. The zero-order valence-electron chi connectivity index (χ0n) is 23.3. The Kier molecular flexibility index (Phi) is 10.5. The van der Waals surface area contributed by atoms with Crippen molar-refractivity contribution in [1.29, 1.82) is 0 Å². The minimum atomic E-state index is -0.792. The highest BCUT2D eigenvalue weighted by molar-refractivity contribution is 5.88. The molecular weight excluding hydrogens is 482 g/mol. The molecule has 0 saturated carbocycles. The van der Waals surface area contributed by atoms with E-state index in [1.165, 1.54) is 12.0 Å². The SMILES string of the molecule is C=CCCCCC(C)N[C@H](C(=O)N1C[C@H](OC(=O)N2Cc3cccc(C=C)c3C2)C[C@H]1C(=O)OC)C(C)C. The van der Waals surface area contributed by atoms with Crippen molar-refractivity contribution >= 4 is 24.0 Å². The van der Waals surface area contributed by atoms with Gasteiger partial charge in [-0.25, -0.2) is 9.59 Å². The van der Waals surface area contributed by atoms with Crippen LogP contribution in [0.25, 0.3) is 6.08 Å². The first kappa shape index (κ1) is 29.4. The summed E-state index contributed by atoms with van der Waals surface area (Å²) in [6.45, 7) is 14.7. The lowest BCUT2D eigenvalue weighted by molar-refractivity contribution is -0.152. The maximum atomic E-state index is 13.7. The molecule has 208 valence electrons. The number of hydrogen-bond donors (Lipinski definition) is 1. The van der Waals surface area contributed by atoms with Gasteiger partial charge in [0.25, 0.3) is 0 Å². The molecular formula is C30H43N3O5. The van der Waals surface area contributed by atoms with Gasteiger partial charge in [0.1, 0.15) is 12.1 Å². The summed E-state index contributed by atoms with van der Waals surface area (Å²) in [7, 11) is 1.31. The van der Waals surface area contributed by atoms with E-state index in [1.54, 1.807) is 11.0 Å². The van der Waals surface area contributed by atoms with E-state index in [-0.39, 0.29) is 30.8 Å². The summed E-state index contributed by atoms with van der Waals surface area (Å²) in [4.78, 5) is 42.6. The maximum absolute atomic E-state index is 13.7. The highest BCUT2D eigenvalue weighted by Crippen LogP contribution is 2.29. The highest BCUT2D eigenvalue weighted by atomic mass is 16.6. The number of benzene rings is 1. The predicted octanol–water partition coefficient (Wildman–Crippen LogP) is 4.67. The fourth-order valence-corrected chi connectivity index (χ4v) is 5.33. The Morgan fingerprint density at radius 2 is 1.92 bits per heavy atom. The van der Waals surface area contributed by atoms with Crippen LogP contribution in [0, 0.1) is 5.92 Å². The summed E-state index contributed by atoms with van der Waals surface area (Å²) in [6.07, 6.45) is 6.90. The first-order chi connectivity index (χ1) is 18.2. The van der Waals surface area contributed by atoms with Crippen LogP contribution in [0.3, 0.4) is 0 Å². The monoisotopic (exact) mass is 525 g/mol. The summed E-state index contributed by atoms with van der Waals surface area (Å²) in [6, 6.07) is 4.81. The molecule has 1 aromatic carbocycles. The van der Waals surface area contributed by atoms with Gasteiger partial charge >= 0.3 is 12.1 Å². The van der Waals surface area contributed by atoms with E-state index < -0.39 is 30.3 Å². The van der Waals surface area contributed by atoms with Crippen LogP contribution < -0.4 is 5.32 Å². The number of methoxy groups -OCH3 is 1. The zero-order chi connectivity index (χ0) is 27.8. The van der Waals surface area contributed by atoms with E-state index in [0.29, 0.717) is 13.1 Å². The van der Waals surface area contributed by atoms with Gasteiger partial charge in [0, 0.05) is 19.0 Å². The molecule has 38 heavy (non-hydrogen) atoms. The Morgan fingerprint density at radius 3 is 2.58 bits per heavy atom. The Bertz CT molecular complexity index is 1020. The number of nitrogens with one attached hydrogen (secondary N) is 1. The van der Waals surface area contributed by atoms with Gasteiger partial charge in [0.2, 0.25) is 5.91 Å². The number of hydrogen-bond acceptors (Lipinski definition) is 6. The van der Waals surface area contributed by atoms with Crippen LogP contribution in [0.1, 0.15) is 69.6 Å². The second-order valence-corrected chi connectivity index (χ2v) is 10.7. The molecule has 1 aromatic rings. The molecule has 0 bridgehead atoms. The molecule has 2 amide bonds. The van der Waals surface area contributed by atoms with Crippen molar-refractivity contribution in [3.05, 3.63) is 54.1 Å². The molecule has 0 spiro atoms. The second kappa shape index (κ2) is 13.6. The largest absolute Gasteiger partial charge is 0.467 e. The van der Waals surface area contributed by atoms with Gasteiger partial charge in [0.15, 0.2) is 0 Å². The number of likely N-dealkylation sites (tertiary alicyclic amines) is 1. The Morgan fingerprint density at radius 1 is 1.16 bits per heavy atom. The van der Waals surface area contributed by atoms with Crippen molar-refractivity contribution < 1.29 is 23.9 Å². The molecule has 2 aliphatic heterocycles. The van der Waals surface area contributed by atoms with Crippen molar-refractivity contribution in [3.63, 3.8) is 0 Å². The number of amides is 2. The third-order valence-corrected chi connectivity index (χ3v) is 7.48. The standard InChI is InChI=1S/C30H43N3O5/c1-7-9-10-11-13-21(5)31-27(20(3)4)28(34)33-18-24(16-26(33)29(35)37-6)38-30(36)32-17-23-15-12-14-22(8-2)25(23)19-32/h7-8,12,14-15,20-21,24,26-27,31H,1-2,9-11,13,16-19H2,3-6H3/t21?,24-,26+,27+/m1/s1. The molecule has 3 rings (SSSR count). The quantitative estimate of drug-likeness (QED) is 0.242. The van der Waals surface area contributed by atoms with Crippen LogP contribution in [0.2, 0.25) is 0 Å². The molecule has 2 heterocycles. The van der Waals surface area contributed by atoms with Crippen molar-refractivity contribution in [1.82, 2.24) is 15.1 Å². The summed E-state index contributed by atoms with van der Waals surface area (Å²) in [5.74, 6) is -0.655. The molecule has 0 aliphatic carbocycles. The van der Waals surface area contributed by atoms with Gasteiger partial charge < -0.3 is 19.7 Å². The molecule has 0 aromatic heterocycles. The number of allylic oxidation sites excluding steroid dienone is 1. The maximum Gasteiger partial charge on any atom is 0.410 e. The van der Waals surface area contributed by atoms with Gasteiger partial charge in [-0.2, -0.15) is 0 Å². The third kappa shape index (κ3) is 7.04. The molecule has 1 saturated heterocycles. The van der Waals surface area contributed by atoms with Crippen LogP contribution in [0.15, 0.2) is 37.4 Å². The number of ether oxygens (including phenoxy) is 2. The van der Waals surface area contributed by atoms with E-state index >= 15 is 0 Å². The average Bonchev–Trinajstić information content (AvgIpc) is 3.53. The molecule has 1 fully saturated rings. The lowest BCUT2D eigenvalue weighted by Gasteiger charge is -2.31. The van der Waals surface area contributed by atoms with E-state index in [2.05, 4.69) is 25.4 Å².